The van der Waals surface area contributed by atoms with Crippen molar-refractivity contribution in [1.29, 1.82) is 0 Å². The van der Waals surface area contributed by atoms with Crippen molar-refractivity contribution in [2.75, 3.05) is 35.0 Å². The van der Waals surface area contributed by atoms with Gasteiger partial charge < -0.3 is 18.0 Å². The first kappa shape index (κ1) is 21.1. The minimum atomic E-state index is -2.17. The quantitative estimate of drug-likeness (QED) is 0.557. The average Bonchev–Trinajstić information content (AvgIpc) is 2.38. The van der Waals surface area contributed by atoms with Crippen LogP contribution in [0.2, 0.25) is 6.55 Å². The van der Waals surface area contributed by atoms with Crippen LogP contribution in [0.1, 0.15) is 20.3 Å². The Hall–Kier alpha value is -0.203. The second kappa shape index (κ2) is 17.2. The zero-order valence-corrected chi connectivity index (χ0v) is 12.8. The van der Waals surface area contributed by atoms with E-state index in [2.05, 4.69) is 18.2 Å². The van der Waals surface area contributed by atoms with Crippen molar-refractivity contribution in [2.24, 2.45) is 0 Å². The zero-order valence-electron chi connectivity index (χ0n) is 11.8. The van der Waals surface area contributed by atoms with Crippen LogP contribution in [0, 0.1) is 0 Å². The van der Waals surface area contributed by atoms with Crippen LogP contribution < -0.4 is 0 Å². The second-order valence-corrected chi connectivity index (χ2v) is 5.70. The van der Waals surface area contributed by atoms with Crippen molar-refractivity contribution in [2.45, 2.75) is 26.8 Å². The van der Waals surface area contributed by atoms with E-state index in [1.807, 2.05) is 19.5 Å². The van der Waals surface area contributed by atoms with Gasteiger partial charge in [0.25, 0.3) is 0 Å². The van der Waals surface area contributed by atoms with Gasteiger partial charge in [0.1, 0.15) is 0 Å². The largest absolute Gasteiger partial charge is 0.496 e. The lowest BCUT2D eigenvalue weighted by molar-refractivity contribution is 0.132. The molecule has 0 spiro atoms. The van der Waals surface area contributed by atoms with E-state index in [0.717, 1.165) is 13.0 Å². The normalized spacial score (nSPS) is 9.44. The lowest BCUT2D eigenvalue weighted by Crippen LogP contribution is -2.38. The first-order valence-corrected chi connectivity index (χ1v) is 7.49. The van der Waals surface area contributed by atoms with Gasteiger partial charge in [0, 0.05) is 41.6 Å². The van der Waals surface area contributed by atoms with Crippen molar-refractivity contribution < 1.29 is 18.0 Å². The summed E-state index contributed by atoms with van der Waals surface area (Å²) in [4.78, 5) is 0. The van der Waals surface area contributed by atoms with E-state index < -0.39 is 8.80 Å². The average molecular weight is 252 g/mol. The van der Waals surface area contributed by atoms with Crippen LogP contribution in [-0.4, -0.2) is 43.9 Å². The van der Waals surface area contributed by atoms with E-state index in [0.29, 0.717) is 0 Å². The maximum absolute atomic E-state index is 4.93. The Morgan fingerprint density at radius 2 is 1.25 bits per heavy atom. The molecule has 0 saturated heterocycles. The molecule has 16 heavy (non-hydrogen) atoms. The highest BCUT2D eigenvalue weighted by atomic mass is 28.4. The molecule has 5 heteroatoms. The lowest BCUT2D eigenvalue weighted by atomic mass is 10.5. The zero-order chi connectivity index (χ0) is 13.4. The summed E-state index contributed by atoms with van der Waals surface area (Å²) in [5.74, 6) is 0. The van der Waals surface area contributed by atoms with Crippen LogP contribution in [0.4, 0.5) is 0 Å². The molecule has 0 saturated carbocycles. The number of hydrogen-bond donors (Lipinski definition) is 0. The van der Waals surface area contributed by atoms with E-state index >= 15 is 0 Å². The SMILES string of the molecule is C=CCC.CCOC.CO[Si](C)(OC)OC. The number of hydrogen-bond acceptors (Lipinski definition) is 4. The molecule has 0 aliphatic carbocycles. The summed E-state index contributed by atoms with van der Waals surface area (Å²) in [6.45, 7) is 10.1. The van der Waals surface area contributed by atoms with E-state index in [-0.39, 0.29) is 0 Å². The van der Waals surface area contributed by atoms with Gasteiger partial charge in [-0.05, 0) is 13.3 Å². The van der Waals surface area contributed by atoms with Gasteiger partial charge in [-0.3, -0.25) is 0 Å². The molecule has 0 aliphatic rings. The van der Waals surface area contributed by atoms with Gasteiger partial charge in [-0.25, -0.2) is 0 Å². The Morgan fingerprint density at radius 3 is 1.25 bits per heavy atom. The Morgan fingerprint density at radius 1 is 1.00 bits per heavy atom. The van der Waals surface area contributed by atoms with E-state index in [1.165, 1.54) is 0 Å². The highest BCUT2D eigenvalue weighted by molar-refractivity contribution is 6.58. The number of methoxy groups -OCH3 is 1. The summed E-state index contributed by atoms with van der Waals surface area (Å²) >= 11 is 0. The van der Waals surface area contributed by atoms with Gasteiger partial charge in [-0.15, -0.1) is 6.58 Å². The molecule has 0 heterocycles. The number of allylic oxidation sites excluding steroid dienone is 1. The van der Waals surface area contributed by atoms with Gasteiger partial charge in [0.2, 0.25) is 0 Å². The molecule has 0 N–H and O–H groups in total. The molecule has 0 unspecified atom stereocenters. The second-order valence-electron chi connectivity index (χ2n) is 2.75. The summed E-state index contributed by atoms with van der Waals surface area (Å²) in [6, 6.07) is 0. The first-order valence-electron chi connectivity index (χ1n) is 5.26. The van der Waals surface area contributed by atoms with Crippen LogP contribution in [0.25, 0.3) is 0 Å². The summed E-state index contributed by atoms with van der Waals surface area (Å²) in [5, 5.41) is 0. The molecule has 0 aromatic carbocycles. The van der Waals surface area contributed by atoms with Crippen molar-refractivity contribution in [3.8, 4) is 0 Å². The van der Waals surface area contributed by atoms with E-state index in [9.17, 15) is 0 Å². The Balaban J connectivity index is -0.000000179. The van der Waals surface area contributed by atoms with Crippen LogP contribution >= 0.6 is 0 Å². The summed E-state index contributed by atoms with van der Waals surface area (Å²) < 4.78 is 19.3. The van der Waals surface area contributed by atoms with Crippen molar-refractivity contribution >= 4 is 8.80 Å². The van der Waals surface area contributed by atoms with Crippen molar-refractivity contribution in [3.63, 3.8) is 0 Å². The molecule has 100 valence electrons. The molecule has 0 aromatic heterocycles. The van der Waals surface area contributed by atoms with Crippen LogP contribution in [-0.2, 0) is 18.0 Å². The molecule has 0 aliphatic heterocycles. The first-order chi connectivity index (χ1) is 7.51. The Kier molecular flexibility index (Phi) is 22.7. The van der Waals surface area contributed by atoms with Gasteiger partial charge in [0.05, 0.1) is 0 Å². The fourth-order valence-electron chi connectivity index (χ4n) is 0.250. The molecule has 0 amide bonds. The third-order valence-corrected chi connectivity index (χ3v) is 3.91. The third-order valence-electron chi connectivity index (χ3n) is 1.69. The lowest BCUT2D eigenvalue weighted by Gasteiger charge is -2.18. The van der Waals surface area contributed by atoms with Gasteiger partial charge in [-0.1, -0.05) is 13.0 Å². The Bertz CT molecular complexity index is 117. The fraction of sp³-hybridized carbons (Fsp3) is 0.818. The highest BCUT2D eigenvalue weighted by Gasteiger charge is 2.29. The number of rotatable bonds is 5. The maximum Gasteiger partial charge on any atom is 0.496 e. The smallest absolute Gasteiger partial charge is 0.385 e. The van der Waals surface area contributed by atoms with Gasteiger partial charge in [0.15, 0.2) is 0 Å². The molecular weight excluding hydrogens is 224 g/mol. The molecule has 4 nitrogen and oxygen atoms in total. The third kappa shape index (κ3) is 19.4. The highest BCUT2D eigenvalue weighted by Crippen LogP contribution is 2.02. The van der Waals surface area contributed by atoms with E-state index in [4.69, 9.17) is 13.3 Å². The van der Waals surface area contributed by atoms with Crippen LogP contribution in [0.3, 0.4) is 0 Å². The Labute approximate surface area is 102 Å². The topological polar surface area (TPSA) is 36.9 Å². The standard InChI is InChI=1S/C4H12O3Si.C4H8.C3H8O/c1-5-8(4,6-2)7-3;2*1-3-4-2/h1-4H3;3H,1,4H2,2H3;3H2,1-2H3. The van der Waals surface area contributed by atoms with Crippen LogP contribution in [0.15, 0.2) is 12.7 Å². The van der Waals surface area contributed by atoms with Crippen molar-refractivity contribution in [3.05, 3.63) is 12.7 Å². The van der Waals surface area contributed by atoms with E-state index in [1.54, 1.807) is 28.4 Å². The molecule has 0 fully saturated rings. The fourth-order valence-corrected chi connectivity index (χ4v) is 0.750. The molecule has 0 atom stereocenters. The monoisotopic (exact) mass is 252 g/mol. The molecule has 0 radical (unpaired) electrons. The minimum Gasteiger partial charge on any atom is -0.385 e. The van der Waals surface area contributed by atoms with Gasteiger partial charge in [-0.2, -0.15) is 0 Å². The summed E-state index contributed by atoms with van der Waals surface area (Å²) in [7, 11) is 4.26. The summed E-state index contributed by atoms with van der Waals surface area (Å²) in [6.07, 6.45) is 2.96. The number of ether oxygens (including phenoxy) is 1. The predicted molar refractivity (Wildman–Crippen MR) is 70.7 cm³/mol. The maximum atomic E-state index is 4.93. The summed E-state index contributed by atoms with van der Waals surface area (Å²) in [5.41, 5.74) is 0. The molecule has 0 bridgehead atoms. The molecule has 0 rings (SSSR count). The molecular formula is C11H28O4Si. The van der Waals surface area contributed by atoms with Crippen LogP contribution in [0.5, 0.6) is 0 Å². The minimum absolute atomic E-state index is 0.819. The molecule has 0 aromatic rings. The van der Waals surface area contributed by atoms with Crippen molar-refractivity contribution in [1.82, 2.24) is 0 Å². The van der Waals surface area contributed by atoms with Gasteiger partial charge >= 0.3 is 8.80 Å². The predicted octanol–water partition coefficient (Wildman–Crippen LogP) is 2.73.